The average molecular weight is 322 g/mol. The molecule has 1 aromatic heterocycles. The van der Waals surface area contributed by atoms with Crippen molar-refractivity contribution in [2.45, 2.75) is 10.6 Å². The van der Waals surface area contributed by atoms with Crippen molar-refractivity contribution < 1.29 is 8.42 Å². The van der Waals surface area contributed by atoms with Crippen LogP contribution in [0.25, 0.3) is 0 Å². The van der Waals surface area contributed by atoms with E-state index in [4.69, 9.17) is 0 Å². The van der Waals surface area contributed by atoms with Crippen molar-refractivity contribution >= 4 is 27.0 Å². The molecule has 112 valence electrons. The number of nitrogens with one attached hydrogen (secondary N) is 1. The van der Waals surface area contributed by atoms with Gasteiger partial charge in [0.1, 0.15) is 4.21 Å². The molecule has 0 bridgehead atoms. The summed E-state index contributed by atoms with van der Waals surface area (Å²) in [4.78, 5) is 2.31. The van der Waals surface area contributed by atoms with Crippen LogP contribution in [0.5, 0.6) is 0 Å². The molecule has 1 aromatic carbocycles. The average Bonchev–Trinajstić information content (AvgIpc) is 3.18. The highest BCUT2D eigenvalue weighted by Crippen LogP contribution is 2.23. The van der Waals surface area contributed by atoms with Gasteiger partial charge in [0.15, 0.2) is 0 Å². The number of para-hydroxylation sites is 1. The van der Waals surface area contributed by atoms with Crippen molar-refractivity contribution in [3.8, 4) is 0 Å². The lowest BCUT2D eigenvalue weighted by atomic mass is 10.1. The molecule has 1 atom stereocenters. The zero-order valence-corrected chi connectivity index (χ0v) is 13.2. The maximum atomic E-state index is 12.1. The lowest BCUT2D eigenvalue weighted by Gasteiger charge is -2.18. The Morgan fingerprint density at radius 1 is 1.19 bits per heavy atom. The molecule has 1 fully saturated rings. The largest absolute Gasteiger partial charge is 0.371 e. The van der Waals surface area contributed by atoms with Crippen molar-refractivity contribution in [3.05, 3.63) is 47.8 Å². The molecule has 21 heavy (non-hydrogen) atoms. The smallest absolute Gasteiger partial charge is 0.250 e. The van der Waals surface area contributed by atoms with Crippen molar-refractivity contribution in [3.63, 3.8) is 0 Å². The summed E-state index contributed by atoms with van der Waals surface area (Å²) in [6.45, 7) is 2.38. The van der Waals surface area contributed by atoms with Gasteiger partial charge in [-0.2, -0.15) is 0 Å². The molecule has 0 radical (unpaired) electrons. The molecule has 0 unspecified atom stereocenters. The quantitative estimate of drug-likeness (QED) is 0.920. The van der Waals surface area contributed by atoms with Crippen LogP contribution < -0.4 is 9.62 Å². The fourth-order valence-corrected chi connectivity index (χ4v) is 4.74. The Balaban J connectivity index is 1.56. The van der Waals surface area contributed by atoms with Gasteiger partial charge in [-0.3, -0.25) is 0 Å². The minimum absolute atomic E-state index is 0.361. The van der Waals surface area contributed by atoms with E-state index in [0.29, 0.717) is 16.7 Å². The van der Waals surface area contributed by atoms with E-state index in [0.717, 1.165) is 19.5 Å². The lowest BCUT2D eigenvalue weighted by molar-refractivity contribution is 0.543. The van der Waals surface area contributed by atoms with Crippen LogP contribution in [0.4, 0.5) is 5.69 Å². The molecule has 2 heterocycles. The zero-order chi connectivity index (χ0) is 14.7. The highest BCUT2D eigenvalue weighted by Gasteiger charge is 2.24. The van der Waals surface area contributed by atoms with Gasteiger partial charge in [0.25, 0.3) is 0 Å². The normalized spacial score (nSPS) is 19.0. The third kappa shape index (κ3) is 3.45. The number of hydrogen-bond acceptors (Lipinski definition) is 4. The number of anilines is 1. The van der Waals surface area contributed by atoms with Gasteiger partial charge in [-0.05, 0) is 35.9 Å². The monoisotopic (exact) mass is 322 g/mol. The van der Waals surface area contributed by atoms with Crippen molar-refractivity contribution in [1.82, 2.24) is 4.72 Å². The number of thiophene rings is 1. The summed E-state index contributed by atoms with van der Waals surface area (Å²) in [6, 6.07) is 13.6. The van der Waals surface area contributed by atoms with Crippen LogP contribution in [0, 0.1) is 5.92 Å². The van der Waals surface area contributed by atoms with E-state index in [1.165, 1.54) is 17.0 Å². The Morgan fingerprint density at radius 2 is 2.00 bits per heavy atom. The standard InChI is InChI=1S/C15H18N2O2S2/c18-21(19,15-7-4-10-20-15)16-11-13-8-9-17(12-13)14-5-2-1-3-6-14/h1-7,10,13,16H,8-9,11-12H2/t13-/m1/s1. The first-order chi connectivity index (χ1) is 10.1. The van der Waals surface area contributed by atoms with Crippen molar-refractivity contribution in [2.75, 3.05) is 24.5 Å². The van der Waals surface area contributed by atoms with Crippen LogP contribution in [0.15, 0.2) is 52.1 Å². The molecule has 0 saturated carbocycles. The highest BCUT2D eigenvalue weighted by atomic mass is 32.2. The SMILES string of the molecule is O=S(=O)(NC[C@H]1CCN(c2ccccc2)C1)c1cccs1. The van der Waals surface area contributed by atoms with Gasteiger partial charge in [0, 0.05) is 25.3 Å². The molecule has 3 rings (SSSR count). The summed E-state index contributed by atoms with van der Waals surface area (Å²) in [6.07, 6.45) is 1.02. The molecule has 0 spiro atoms. The van der Waals surface area contributed by atoms with Crippen LogP contribution in [0.3, 0.4) is 0 Å². The molecule has 6 heteroatoms. The third-order valence-electron chi connectivity index (χ3n) is 3.73. The predicted molar refractivity (Wildman–Crippen MR) is 86.3 cm³/mol. The number of rotatable bonds is 5. The van der Waals surface area contributed by atoms with E-state index in [2.05, 4.69) is 21.8 Å². The second kappa shape index (κ2) is 6.17. The predicted octanol–water partition coefficient (Wildman–Crippen LogP) is 2.55. The lowest BCUT2D eigenvalue weighted by Crippen LogP contribution is -2.30. The van der Waals surface area contributed by atoms with E-state index in [9.17, 15) is 8.42 Å². The minimum atomic E-state index is -3.34. The molecule has 1 N–H and O–H groups in total. The van der Waals surface area contributed by atoms with Crippen LogP contribution >= 0.6 is 11.3 Å². The summed E-state index contributed by atoms with van der Waals surface area (Å²) >= 11 is 1.25. The second-order valence-corrected chi connectivity index (χ2v) is 8.16. The highest BCUT2D eigenvalue weighted by molar-refractivity contribution is 7.91. The van der Waals surface area contributed by atoms with Gasteiger partial charge in [-0.1, -0.05) is 24.3 Å². The number of nitrogens with zero attached hydrogens (tertiary/aromatic N) is 1. The van der Waals surface area contributed by atoms with Crippen LogP contribution in [0.2, 0.25) is 0 Å². The first-order valence-corrected chi connectivity index (χ1v) is 9.34. The maximum absolute atomic E-state index is 12.1. The van der Waals surface area contributed by atoms with E-state index in [1.54, 1.807) is 17.5 Å². The molecule has 2 aromatic rings. The number of benzene rings is 1. The molecular formula is C15H18N2O2S2. The second-order valence-electron chi connectivity index (χ2n) is 5.22. The molecule has 0 amide bonds. The van der Waals surface area contributed by atoms with Gasteiger partial charge < -0.3 is 4.90 Å². The van der Waals surface area contributed by atoms with E-state index in [1.807, 2.05) is 18.2 Å². The van der Waals surface area contributed by atoms with E-state index < -0.39 is 10.0 Å². The summed E-state index contributed by atoms with van der Waals surface area (Å²) < 4.78 is 27.3. The van der Waals surface area contributed by atoms with Crippen molar-refractivity contribution in [2.24, 2.45) is 5.92 Å². The fraction of sp³-hybridized carbons (Fsp3) is 0.333. The third-order valence-corrected chi connectivity index (χ3v) is 6.55. The topological polar surface area (TPSA) is 49.4 Å². The molecule has 0 aliphatic carbocycles. The van der Waals surface area contributed by atoms with Gasteiger partial charge in [0.05, 0.1) is 0 Å². The van der Waals surface area contributed by atoms with Crippen molar-refractivity contribution in [1.29, 1.82) is 0 Å². The van der Waals surface area contributed by atoms with E-state index >= 15 is 0 Å². The van der Waals surface area contributed by atoms with Gasteiger partial charge in [-0.15, -0.1) is 11.3 Å². The number of hydrogen-bond donors (Lipinski definition) is 1. The molecule has 4 nitrogen and oxygen atoms in total. The molecule has 1 saturated heterocycles. The van der Waals surface area contributed by atoms with Gasteiger partial charge in [0.2, 0.25) is 10.0 Å². The molecule has 1 aliphatic rings. The molecular weight excluding hydrogens is 304 g/mol. The van der Waals surface area contributed by atoms with Gasteiger partial charge in [-0.25, -0.2) is 13.1 Å². The summed E-state index contributed by atoms with van der Waals surface area (Å²) in [5.74, 6) is 0.361. The molecule has 1 aliphatic heterocycles. The zero-order valence-electron chi connectivity index (χ0n) is 11.6. The Labute approximate surface area is 129 Å². The fourth-order valence-electron chi connectivity index (χ4n) is 2.59. The summed E-state index contributed by atoms with van der Waals surface area (Å²) in [5, 5.41) is 1.78. The van der Waals surface area contributed by atoms with Crippen LogP contribution in [0.1, 0.15) is 6.42 Å². The maximum Gasteiger partial charge on any atom is 0.250 e. The number of sulfonamides is 1. The Morgan fingerprint density at radius 3 is 2.71 bits per heavy atom. The van der Waals surface area contributed by atoms with E-state index in [-0.39, 0.29) is 0 Å². The van der Waals surface area contributed by atoms with Crippen LogP contribution in [-0.2, 0) is 10.0 Å². The minimum Gasteiger partial charge on any atom is -0.371 e. The van der Waals surface area contributed by atoms with Crippen LogP contribution in [-0.4, -0.2) is 28.1 Å². The summed E-state index contributed by atoms with van der Waals surface area (Å²) in [5.41, 5.74) is 1.21. The first-order valence-electron chi connectivity index (χ1n) is 6.98. The Kier molecular flexibility index (Phi) is 4.28. The summed E-state index contributed by atoms with van der Waals surface area (Å²) in [7, 11) is -3.34. The van der Waals surface area contributed by atoms with Gasteiger partial charge >= 0.3 is 0 Å². The Bertz CT molecular complexity index is 669. The Hall–Kier alpha value is -1.37. The first kappa shape index (κ1) is 14.6.